The third-order valence-corrected chi connectivity index (χ3v) is 7.28. The first-order valence-electron chi connectivity index (χ1n) is 12.3. The van der Waals surface area contributed by atoms with Gasteiger partial charge in [-0.05, 0) is 58.7 Å². The number of benzene rings is 3. The lowest BCUT2D eigenvalue weighted by Gasteiger charge is -2.35. The van der Waals surface area contributed by atoms with E-state index in [2.05, 4.69) is 92.3 Å². The van der Waals surface area contributed by atoms with Crippen molar-refractivity contribution < 1.29 is 9.23 Å². The van der Waals surface area contributed by atoms with E-state index < -0.39 is 12.4 Å². The number of fused-ring (bicyclic) bond motifs is 6. The fourth-order valence-electron chi connectivity index (χ4n) is 5.22. The summed E-state index contributed by atoms with van der Waals surface area (Å²) in [4.78, 5) is 7.96. The monoisotopic (exact) mass is 456 g/mol. The molecule has 0 bridgehead atoms. The highest BCUT2D eigenvalue weighted by Crippen LogP contribution is 2.46. The van der Waals surface area contributed by atoms with Gasteiger partial charge in [-0.2, -0.15) is 0 Å². The summed E-state index contributed by atoms with van der Waals surface area (Å²) < 4.78 is 14.3. The molecule has 3 atom stereocenters. The maximum atomic E-state index is 14.3. The summed E-state index contributed by atoms with van der Waals surface area (Å²) in [6, 6.07) is 21.6. The summed E-state index contributed by atoms with van der Waals surface area (Å²) in [5.74, 6) is 1.25. The number of para-hydroxylation sites is 1. The highest BCUT2D eigenvalue weighted by Gasteiger charge is 2.42. The van der Waals surface area contributed by atoms with E-state index in [4.69, 9.17) is 4.84 Å². The summed E-state index contributed by atoms with van der Waals surface area (Å²) in [5.41, 5.74) is 9.49. The number of rotatable bonds is 5. The van der Waals surface area contributed by atoms with Crippen molar-refractivity contribution >= 4 is 11.5 Å². The van der Waals surface area contributed by atoms with Crippen LogP contribution in [0.1, 0.15) is 70.1 Å². The van der Waals surface area contributed by atoms with Crippen LogP contribution in [0.15, 0.2) is 65.8 Å². The van der Waals surface area contributed by atoms with Gasteiger partial charge in [0.25, 0.3) is 0 Å². The normalized spacial score (nSPS) is 18.2. The minimum atomic E-state index is -1.01. The second-order valence-corrected chi connectivity index (χ2v) is 10.2. The molecule has 2 heterocycles. The van der Waals surface area contributed by atoms with E-state index >= 15 is 0 Å². The predicted octanol–water partition coefficient (Wildman–Crippen LogP) is 8.10. The lowest BCUT2D eigenvalue weighted by atomic mass is 9.83. The molecule has 2 aliphatic heterocycles. The first-order valence-corrected chi connectivity index (χ1v) is 12.3. The molecule has 0 aliphatic carbocycles. The molecule has 34 heavy (non-hydrogen) atoms. The Bertz CT molecular complexity index is 1230. The van der Waals surface area contributed by atoms with Gasteiger partial charge in [-0.3, -0.25) is 4.90 Å². The number of halogens is 1. The van der Waals surface area contributed by atoms with Crippen molar-refractivity contribution in [1.29, 1.82) is 0 Å². The van der Waals surface area contributed by atoms with Gasteiger partial charge in [0.1, 0.15) is 6.17 Å². The first kappa shape index (κ1) is 22.6. The summed E-state index contributed by atoms with van der Waals surface area (Å²) in [6.07, 6.45) is -1.48. The summed E-state index contributed by atoms with van der Waals surface area (Å²) >= 11 is 0. The number of anilines is 1. The van der Waals surface area contributed by atoms with Gasteiger partial charge in [-0.15, -0.1) is 0 Å². The van der Waals surface area contributed by atoms with Gasteiger partial charge in [0, 0.05) is 17.0 Å². The van der Waals surface area contributed by atoms with Crippen molar-refractivity contribution in [3.05, 3.63) is 77.4 Å². The number of oxime groups is 1. The summed E-state index contributed by atoms with van der Waals surface area (Å²) in [6.45, 7) is 12.5. The van der Waals surface area contributed by atoms with Crippen molar-refractivity contribution in [2.45, 2.75) is 65.8 Å². The van der Waals surface area contributed by atoms with Gasteiger partial charge in [0.15, 0.2) is 5.84 Å². The average Bonchev–Trinajstić information content (AvgIpc) is 3.28. The topological polar surface area (TPSA) is 24.8 Å². The smallest absolute Gasteiger partial charge is 0.210 e. The Balaban J connectivity index is 1.72. The van der Waals surface area contributed by atoms with Crippen LogP contribution >= 0.6 is 0 Å². The van der Waals surface area contributed by atoms with Gasteiger partial charge in [-0.1, -0.05) is 88.3 Å². The molecule has 0 N–H and O–H groups in total. The zero-order chi connectivity index (χ0) is 24.1. The van der Waals surface area contributed by atoms with Crippen LogP contribution in [0.25, 0.3) is 22.3 Å². The Morgan fingerprint density at radius 1 is 0.794 bits per heavy atom. The van der Waals surface area contributed by atoms with Crippen molar-refractivity contribution in [1.82, 2.24) is 0 Å². The SMILES string of the molecule is CC(C)c1cccc(C(C)C)c1-c1ccc2c(c1)C1=NOC(C(C)C(C)F)N1c1ccccc1-2. The third-order valence-electron chi connectivity index (χ3n) is 7.28. The van der Waals surface area contributed by atoms with Crippen LogP contribution in [0.5, 0.6) is 0 Å². The van der Waals surface area contributed by atoms with Crippen LogP contribution in [0.2, 0.25) is 0 Å². The number of hydrogen-bond donors (Lipinski definition) is 0. The molecule has 0 saturated heterocycles. The van der Waals surface area contributed by atoms with E-state index in [1.165, 1.54) is 22.3 Å². The molecule has 3 aromatic rings. The second-order valence-electron chi connectivity index (χ2n) is 10.2. The Morgan fingerprint density at radius 2 is 1.47 bits per heavy atom. The van der Waals surface area contributed by atoms with Crippen molar-refractivity contribution in [3.63, 3.8) is 0 Å². The van der Waals surface area contributed by atoms with E-state index in [1.807, 2.05) is 13.0 Å². The van der Waals surface area contributed by atoms with Gasteiger partial charge < -0.3 is 4.84 Å². The molecule has 0 radical (unpaired) electrons. The first-order chi connectivity index (χ1) is 16.3. The molecule has 3 aromatic carbocycles. The molecule has 0 aromatic heterocycles. The molecular weight excluding hydrogens is 423 g/mol. The largest absolute Gasteiger partial charge is 0.368 e. The van der Waals surface area contributed by atoms with Gasteiger partial charge in [-0.25, -0.2) is 4.39 Å². The van der Waals surface area contributed by atoms with Crippen LogP contribution in [0.4, 0.5) is 10.1 Å². The highest BCUT2D eigenvalue weighted by molar-refractivity contribution is 6.20. The Morgan fingerprint density at radius 3 is 2.12 bits per heavy atom. The molecule has 3 unspecified atom stereocenters. The predicted molar refractivity (Wildman–Crippen MR) is 139 cm³/mol. The summed E-state index contributed by atoms with van der Waals surface area (Å²) in [7, 11) is 0. The molecule has 0 saturated carbocycles. The van der Waals surface area contributed by atoms with Crippen molar-refractivity contribution in [3.8, 4) is 22.3 Å². The minimum absolute atomic E-state index is 0.326. The van der Waals surface area contributed by atoms with Crippen LogP contribution in [-0.4, -0.2) is 18.2 Å². The van der Waals surface area contributed by atoms with E-state index in [-0.39, 0.29) is 5.92 Å². The van der Waals surface area contributed by atoms with Crippen LogP contribution < -0.4 is 4.90 Å². The van der Waals surface area contributed by atoms with Crippen LogP contribution in [0.3, 0.4) is 0 Å². The maximum Gasteiger partial charge on any atom is 0.210 e. The molecule has 5 rings (SSSR count). The fraction of sp³-hybridized carbons (Fsp3) is 0.367. The Kier molecular flexibility index (Phi) is 5.71. The van der Waals surface area contributed by atoms with E-state index in [0.29, 0.717) is 11.8 Å². The van der Waals surface area contributed by atoms with E-state index in [1.54, 1.807) is 6.92 Å². The minimum Gasteiger partial charge on any atom is -0.368 e. The molecule has 0 fully saturated rings. The molecular formula is C30H33FN2O. The second kappa shape index (κ2) is 8.57. The molecule has 0 spiro atoms. The van der Waals surface area contributed by atoms with Crippen LogP contribution in [0, 0.1) is 5.92 Å². The molecule has 176 valence electrons. The number of nitrogens with zero attached hydrogens (tertiary/aromatic N) is 2. The highest BCUT2D eigenvalue weighted by atomic mass is 19.1. The van der Waals surface area contributed by atoms with Gasteiger partial charge in [0.05, 0.1) is 5.69 Å². The van der Waals surface area contributed by atoms with E-state index in [0.717, 1.165) is 28.2 Å². The molecule has 3 nitrogen and oxygen atoms in total. The lowest BCUT2D eigenvalue weighted by Crippen LogP contribution is -2.44. The van der Waals surface area contributed by atoms with Gasteiger partial charge in [0.2, 0.25) is 6.23 Å². The Labute approximate surface area is 202 Å². The summed E-state index contributed by atoms with van der Waals surface area (Å²) in [5, 5.41) is 4.51. The quantitative estimate of drug-likeness (QED) is 0.387. The van der Waals surface area contributed by atoms with E-state index in [9.17, 15) is 4.39 Å². The number of amidine groups is 1. The molecule has 4 heteroatoms. The van der Waals surface area contributed by atoms with Gasteiger partial charge >= 0.3 is 0 Å². The molecule has 0 amide bonds. The average molecular weight is 457 g/mol. The standard InChI is InChI=1S/C30H33FN2O/c1-17(2)22-11-9-12-23(18(3)4)28(22)21-14-15-24-25-10-7-8-13-27(25)33-29(26(24)16-21)32-34-30(33)19(5)20(6)31/h7-20,30H,1-6H3. The zero-order valence-corrected chi connectivity index (χ0v) is 20.8. The lowest BCUT2D eigenvalue weighted by molar-refractivity contribution is 0.0210. The number of alkyl halides is 1. The Hall–Kier alpha value is -3.14. The van der Waals surface area contributed by atoms with Crippen molar-refractivity contribution in [2.24, 2.45) is 11.1 Å². The maximum absolute atomic E-state index is 14.3. The third kappa shape index (κ3) is 3.51. The number of hydrogen-bond acceptors (Lipinski definition) is 3. The fourth-order valence-corrected chi connectivity index (χ4v) is 5.22. The zero-order valence-electron chi connectivity index (χ0n) is 20.8. The van der Waals surface area contributed by atoms with Crippen LogP contribution in [-0.2, 0) is 4.84 Å². The molecule has 2 aliphatic rings. The van der Waals surface area contributed by atoms with Crippen molar-refractivity contribution in [2.75, 3.05) is 4.90 Å².